The van der Waals surface area contributed by atoms with Crippen LogP contribution in [-0.4, -0.2) is 24.0 Å². The van der Waals surface area contributed by atoms with Crippen LogP contribution < -0.4 is 31.1 Å². The highest BCUT2D eigenvalue weighted by Crippen LogP contribution is 2.36. The van der Waals surface area contributed by atoms with Gasteiger partial charge < -0.3 is 20.3 Å². The monoisotopic (exact) mass is 484 g/mol. The van der Waals surface area contributed by atoms with Gasteiger partial charge in [0.25, 0.3) is 16.8 Å². The van der Waals surface area contributed by atoms with Crippen LogP contribution in [0.4, 0.5) is 22.7 Å². The van der Waals surface area contributed by atoms with Gasteiger partial charge >= 0.3 is 0 Å². The fourth-order valence-corrected chi connectivity index (χ4v) is 4.22. The summed E-state index contributed by atoms with van der Waals surface area (Å²) in [6.07, 6.45) is 2.89. The van der Waals surface area contributed by atoms with Crippen molar-refractivity contribution >= 4 is 28.7 Å². The molecule has 1 amide bonds. The standard InChI is InChI=1S/C28H24N4O4.2H2/c1-3-24(33)32-13-14-36-23-10-9-19(15-22(23)32)21-16-20(11-12-29-21)31-26-25(27(34)28(26)35)30-17(2)18-7-5-4-6-8-18;;/h3-12,15-17,30H,1,13-14H2,2H3,(H,29,31);2*1H/t17-;;/m1../s1. The van der Waals surface area contributed by atoms with Gasteiger partial charge in [0.15, 0.2) is 0 Å². The van der Waals surface area contributed by atoms with Gasteiger partial charge in [-0.1, -0.05) is 36.9 Å². The minimum atomic E-state index is -0.569. The van der Waals surface area contributed by atoms with Crippen LogP contribution >= 0.6 is 0 Å². The molecule has 0 spiro atoms. The van der Waals surface area contributed by atoms with Gasteiger partial charge in [-0.2, -0.15) is 0 Å². The predicted octanol–water partition coefficient (Wildman–Crippen LogP) is 4.66. The van der Waals surface area contributed by atoms with Gasteiger partial charge in [0.1, 0.15) is 23.7 Å². The Kier molecular flexibility index (Phi) is 6.08. The molecule has 0 radical (unpaired) electrons. The first kappa shape index (κ1) is 23.0. The first-order valence-electron chi connectivity index (χ1n) is 11.6. The molecule has 0 saturated carbocycles. The number of fused-ring (bicyclic) bond motifs is 1. The Labute approximate surface area is 210 Å². The van der Waals surface area contributed by atoms with Crippen molar-refractivity contribution in [2.75, 3.05) is 28.7 Å². The van der Waals surface area contributed by atoms with Crippen molar-refractivity contribution < 1.29 is 12.4 Å². The molecule has 2 heterocycles. The molecule has 0 aliphatic carbocycles. The number of nitrogens with zero attached hydrogens (tertiary/aromatic N) is 2. The van der Waals surface area contributed by atoms with Crippen molar-refractivity contribution in [1.82, 2.24) is 4.98 Å². The van der Waals surface area contributed by atoms with E-state index in [9.17, 15) is 14.4 Å². The van der Waals surface area contributed by atoms with Crippen LogP contribution in [0.3, 0.4) is 0 Å². The summed E-state index contributed by atoms with van der Waals surface area (Å²) in [7, 11) is 0. The van der Waals surface area contributed by atoms with Gasteiger partial charge in [-0.05, 0) is 48.9 Å². The van der Waals surface area contributed by atoms with Crippen LogP contribution in [0, 0.1) is 0 Å². The smallest absolute Gasteiger partial charge is 0.253 e. The average Bonchev–Trinajstić information content (AvgIpc) is 2.94. The van der Waals surface area contributed by atoms with Crippen LogP contribution in [0.5, 0.6) is 5.75 Å². The molecule has 1 aliphatic rings. The third-order valence-electron chi connectivity index (χ3n) is 6.16. The van der Waals surface area contributed by atoms with Gasteiger partial charge in [0.2, 0.25) is 0 Å². The zero-order valence-corrected chi connectivity index (χ0v) is 19.7. The zero-order chi connectivity index (χ0) is 25.2. The summed E-state index contributed by atoms with van der Waals surface area (Å²) in [4.78, 5) is 43.0. The highest BCUT2D eigenvalue weighted by Gasteiger charge is 2.24. The molecular formula is C28H28N4O4. The largest absolute Gasteiger partial charge is 0.490 e. The normalized spacial score (nSPS) is 13.4. The number of anilines is 4. The lowest BCUT2D eigenvalue weighted by Gasteiger charge is -2.29. The van der Waals surface area contributed by atoms with E-state index < -0.39 is 10.9 Å². The number of aromatic nitrogens is 1. The Morgan fingerprint density at radius 1 is 1.11 bits per heavy atom. The summed E-state index contributed by atoms with van der Waals surface area (Å²) in [5.74, 6) is 0.409. The van der Waals surface area contributed by atoms with E-state index in [2.05, 4.69) is 22.2 Å². The van der Waals surface area contributed by atoms with Gasteiger partial charge in [-0.25, -0.2) is 0 Å². The number of hydrogen-bond donors (Lipinski definition) is 2. The molecule has 5 rings (SSSR count). The van der Waals surface area contributed by atoms with E-state index in [0.29, 0.717) is 36.0 Å². The number of rotatable bonds is 7. The highest BCUT2D eigenvalue weighted by atomic mass is 16.5. The molecule has 36 heavy (non-hydrogen) atoms. The maximum Gasteiger partial charge on any atom is 0.253 e. The molecule has 0 fully saturated rings. The van der Waals surface area contributed by atoms with Crippen molar-refractivity contribution in [1.29, 1.82) is 0 Å². The quantitative estimate of drug-likeness (QED) is 0.291. The first-order valence-corrected chi connectivity index (χ1v) is 11.6. The Hall–Kier alpha value is -4.72. The van der Waals surface area contributed by atoms with Crippen LogP contribution in [0.1, 0.15) is 21.4 Å². The zero-order valence-electron chi connectivity index (χ0n) is 19.7. The van der Waals surface area contributed by atoms with Gasteiger partial charge in [0.05, 0.1) is 17.9 Å². The second-order valence-corrected chi connectivity index (χ2v) is 8.46. The molecule has 8 heteroatoms. The number of carbonyl (C=O) groups excluding carboxylic acids is 1. The molecular weight excluding hydrogens is 456 g/mol. The molecule has 0 bridgehead atoms. The fourth-order valence-electron chi connectivity index (χ4n) is 4.22. The fraction of sp³-hybridized carbons (Fsp3) is 0.143. The highest BCUT2D eigenvalue weighted by molar-refractivity contribution is 6.02. The summed E-state index contributed by atoms with van der Waals surface area (Å²) < 4.78 is 5.69. The number of benzene rings is 2. The molecule has 4 aromatic rings. The number of carbonyl (C=O) groups is 1. The van der Waals surface area contributed by atoms with Crippen molar-refractivity contribution in [3.05, 3.63) is 106 Å². The van der Waals surface area contributed by atoms with Crippen molar-refractivity contribution in [3.8, 4) is 17.0 Å². The van der Waals surface area contributed by atoms with Crippen LogP contribution in [0.15, 0.2) is 89.1 Å². The van der Waals surface area contributed by atoms with E-state index in [1.807, 2.05) is 49.4 Å². The SMILES string of the molecule is C=CC(=O)N1CCOc2ccc(-c3cc(Nc4c(N[C@H](C)c5ccccc5)c(=O)c4=O)ccn3)cc21.[HH].[HH]. The van der Waals surface area contributed by atoms with Gasteiger partial charge in [-0.15, -0.1) is 0 Å². The first-order chi connectivity index (χ1) is 17.5. The lowest BCUT2D eigenvalue weighted by Crippen LogP contribution is -2.37. The van der Waals surface area contributed by atoms with E-state index in [0.717, 1.165) is 11.1 Å². The Balaban J connectivity index is 0.00000200. The summed E-state index contributed by atoms with van der Waals surface area (Å²) in [5, 5.41) is 6.23. The maximum atomic E-state index is 12.4. The molecule has 1 aromatic heterocycles. The minimum Gasteiger partial charge on any atom is -0.490 e. The second-order valence-electron chi connectivity index (χ2n) is 8.46. The number of ether oxygens (including phenoxy) is 1. The number of hydrogen-bond acceptors (Lipinski definition) is 7. The number of amides is 1. The lowest BCUT2D eigenvalue weighted by atomic mass is 10.1. The van der Waals surface area contributed by atoms with E-state index in [-0.39, 0.29) is 26.2 Å². The molecule has 1 atom stereocenters. The Morgan fingerprint density at radius 3 is 2.67 bits per heavy atom. The van der Waals surface area contributed by atoms with E-state index in [1.54, 1.807) is 29.3 Å². The van der Waals surface area contributed by atoms with Crippen molar-refractivity contribution in [2.45, 2.75) is 13.0 Å². The van der Waals surface area contributed by atoms with Crippen molar-refractivity contribution in [2.24, 2.45) is 0 Å². The summed E-state index contributed by atoms with van der Waals surface area (Å²) >= 11 is 0. The number of nitrogens with one attached hydrogen (secondary N) is 2. The minimum absolute atomic E-state index is 0. The van der Waals surface area contributed by atoms with E-state index in [4.69, 9.17) is 4.74 Å². The molecule has 8 nitrogen and oxygen atoms in total. The van der Waals surface area contributed by atoms with E-state index in [1.165, 1.54) is 6.08 Å². The van der Waals surface area contributed by atoms with Crippen LogP contribution in [0.25, 0.3) is 11.3 Å². The molecule has 0 unspecified atom stereocenters. The summed E-state index contributed by atoms with van der Waals surface area (Å²) in [6, 6.07) is 18.5. The van der Waals surface area contributed by atoms with Gasteiger partial charge in [0, 0.05) is 26.3 Å². The summed E-state index contributed by atoms with van der Waals surface area (Å²) in [6.45, 7) is 6.35. The van der Waals surface area contributed by atoms with Gasteiger partial charge in [-0.3, -0.25) is 19.4 Å². The topological polar surface area (TPSA) is 101 Å². The third kappa shape index (κ3) is 4.24. The molecule has 2 N–H and O–H groups in total. The lowest BCUT2D eigenvalue weighted by molar-refractivity contribution is -0.114. The Bertz CT molecular complexity index is 1530. The molecule has 184 valence electrons. The molecule has 1 aliphatic heterocycles. The molecule has 3 aromatic carbocycles. The van der Waals surface area contributed by atoms with Crippen LogP contribution in [0.2, 0.25) is 0 Å². The van der Waals surface area contributed by atoms with E-state index >= 15 is 0 Å². The summed E-state index contributed by atoms with van der Waals surface area (Å²) in [5.41, 5.74) is 3.03. The molecule has 0 saturated heterocycles. The van der Waals surface area contributed by atoms with Crippen LogP contribution in [-0.2, 0) is 4.79 Å². The maximum absolute atomic E-state index is 12.4. The average molecular weight is 485 g/mol. The third-order valence-corrected chi connectivity index (χ3v) is 6.16. The number of pyridine rings is 1. The Morgan fingerprint density at radius 2 is 1.89 bits per heavy atom. The predicted molar refractivity (Wildman–Crippen MR) is 145 cm³/mol. The van der Waals surface area contributed by atoms with Crippen molar-refractivity contribution in [3.63, 3.8) is 0 Å². The second kappa shape index (κ2) is 9.50.